The molecule has 0 spiro atoms. The quantitative estimate of drug-likeness (QED) is 0.119. The van der Waals surface area contributed by atoms with Crippen LogP contribution in [0.3, 0.4) is 0 Å². The van der Waals surface area contributed by atoms with Gasteiger partial charge in [0, 0.05) is 6.54 Å². The summed E-state index contributed by atoms with van der Waals surface area (Å²) in [6.45, 7) is -0.569. The lowest BCUT2D eigenvalue weighted by Gasteiger charge is -2.17. The molecule has 5 heterocycles. The van der Waals surface area contributed by atoms with Gasteiger partial charge in [-0.2, -0.15) is 4.98 Å². The molecule has 1 fully saturated rings. The van der Waals surface area contributed by atoms with Crippen molar-refractivity contribution in [2.75, 3.05) is 18.9 Å². The Balaban J connectivity index is 1.16. The zero-order chi connectivity index (χ0) is 26.9. The molecule has 5 rings (SSSR count). The largest absolute Gasteiger partial charge is 0.472 e. The normalized spacial score (nSPS) is 19.2. The van der Waals surface area contributed by atoms with Gasteiger partial charge in [-0.25, -0.2) is 29.3 Å². The zero-order valence-electron chi connectivity index (χ0n) is 19.5. The van der Waals surface area contributed by atoms with Gasteiger partial charge in [-0.1, -0.05) is 12.6 Å². The molecule has 1 saturated heterocycles. The lowest BCUT2D eigenvalue weighted by molar-refractivity contribution is -0.0223. The summed E-state index contributed by atoms with van der Waals surface area (Å²) in [4.78, 5) is 56.1. The minimum atomic E-state index is -4.44. The number of hydrogen-bond donors (Lipinski definition) is 4. The highest BCUT2D eigenvalue weighted by Crippen LogP contribution is 2.44. The van der Waals surface area contributed by atoms with Gasteiger partial charge in [-0.15, -0.1) is 0 Å². The predicted molar refractivity (Wildman–Crippen MR) is 132 cm³/mol. The Bertz CT molecular complexity index is 1590. The lowest BCUT2D eigenvalue weighted by Crippen LogP contribution is -2.18. The molecule has 202 valence electrons. The number of fused-ring (bicyclic) bond motifs is 2. The summed E-state index contributed by atoms with van der Waals surface area (Å²) in [6.07, 6.45) is 4.24. The maximum atomic E-state index is 12.5. The number of thiol groups is 1. The number of nitrogens with one attached hydrogen (secondary N) is 1. The minimum absolute atomic E-state index is 0.0496. The fraction of sp³-hybridized carbons (Fsp3) is 0.421. The molecule has 0 saturated carbocycles. The van der Waals surface area contributed by atoms with Gasteiger partial charge in [-0.05, 0) is 12.8 Å². The Hall–Kier alpha value is -3.41. The molecule has 0 aromatic carbocycles. The van der Waals surface area contributed by atoms with E-state index in [1.54, 1.807) is 9.13 Å². The molecule has 17 nitrogen and oxygen atoms in total. The zero-order valence-corrected chi connectivity index (χ0v) is 21.3. The van der Waals surface area contributed by atoms with E-state index >= 15 is 0 Å². The number of carbonyl (C=O) groups excluding carboxylic acids is 1. The van der Waals surface area contributed by atoms with E-state index in [2.05, 4.69) is 42.5 Å². The van der Waals surface area contributed by atoms with Crippen LogP contribution >= 0.6 is 20.5 Å². The summed E-state index contributed by atoms with van der Waals surface area (Å²) in [6, 6.07) is 0. The number of phosphoric ester groups is 1. The topological polar surface area (TPSA) is 224 Å². The fourth-order valence-electron chi connectivity index (χ4n) is 4.03. The van der Waals surface area contributed by atoms with Crippen LogP contribution in [0.25, 0.3) is 22.3 Å². The highest BCUT2D eigenvalue weighted by atomic mass is 32.1. The van der Waals surface area contributed by atoms with E-state index in [4.69, 9.17) is 24.3 Å². The molecule has 0 radical (unpaired) electrons. The van der Waals surface area contributed by atoms with Crippen LogP contribution in [0.4, 0.5) is 10.7 Å². The average molecular weight is 567 g/mol. The number of aromatic nitrogens is 8. The second-order valence-corrected chi connectivity index (χ2v) is 9.95. The van der Waals surface area contributed by atoms with Crippen molar-refractivity contribution < 1.29 is 32.8 Å². The number of aromatic amines is 1. The Kier molecular flexibility index (Phi) is 7.42. The molecule has 4 aromatic rings. The number of phosphoric acid groups is 1. The van der Waals surface area contributed by atoms with E-state index in [1.807, 2.05) is 0 Å². The molecule has 19 heteroatoms. The Morgan fingerprint density at radius 2 is 2.13 bits per heavy atom. The molecule has 1 aliphatic rings. The Morgan fingerprint density at radius 3 is 2.95 bits per heavy atom. The fourth-order valence-corrected chi connectivity index (χ4v) is 4.83. The minimum Gasteiger partial charge on any atom is -0.450 e. The van der Waals surface area contributed by atoms with Crippen molar-refractivity contribution >= 4 is 54.0 Å². The number of H-pyrrole nitrogens is 1. The van der Waals surface area contributed by atoms with Gasteiger partial charge >= 0.3 is 13.1 Å². The van der Waals surface area contributed by atoms with Gasteiger partial charge in [0.25, 0.3) is 5.56 Å². The molecule has 0 aliphatic carbocycles. The van der Waals surface area contributed by atoms with Crippen molar-refractivity contribution in [1.82, 2.24) is 39.0 Å². The standard InChI is InChI=1S/C19H22N9O8PS/c20-18-25-16-14(17(29)26-18)23-9-28(16)13-2-1-10(36-13)6-35-37(31,32)34-4-3-27-12(7-33-19(30)38)24-11-5-21-8-22-15(11)27/h5,8-10,13H,1-4,6-7H2,(H,30,38)(H,31,32)(H3,20,25,26,29)/t10-,13+/m0/s1. The number of rotatable bonds is 10. The number of nitrogens with two attached hydrogens (primary N) is 1. The maximum Gasteiger partial charge on any atom is 0.472 e. The molecular weight excluding hydrogens is 545 g/mol. The number of hydrogen-bond acceptors (Lipinski definition) is 13. The van der Waals surface area contributed by atoms with Crippen molar-refractivity contribution in [3.63, 3.8) is 0 Å². The first kappa shape index (κ1) is 26.2. The van der Waals surface area contributed by atoms with Crippen molar-refractivity contribution in [2.24, 2.45) is 0 Å². The molecular formula is C19H22N9O8PS. The van der Waals surface area contributed by atoms with Crippen molar-refractivity contribution in [3.05, 3.63) is 35.0 Å². The SMILES string of the molecule is Nc1nc2c(ncn2[C@H]2CC[C@@H](COP(=O)(O)OCCn3c(COC(=O)S)nc4cncnc43)O2)c(=O)[nH]1. The number of ether oxygens (including phenoxy) is 2. The number of nitrogen functional groups attached to an aromatic ring is 1. The van der Waals surface area contributed by atoms with Gasteiger partial charge in [0.15, 0.2) is 23.4 Å². The van der Waals surface area contributed by atoms with Crippen LogP contribution < -0.4 is 11.3 Å². The molecule has 4 N–H and O–H groups in total. The summed E-state index contributed by atoms with van der Waals surface area (Å²) < 4.78 is 36.7. The second-order valence-electron chi connectivity index (χ2n) is 8.13. The summed E-state index contributed by atoms with van der Waals surface area (Å²) in [5, 5.41) is -0.786. The van der Waals surface area contributed by atoms with Gasteiger partial charge in [0.05, 0.1) is 31.8 Å². The summed E-state index contributed by atoms with van der Waals surface area (Å²) >= 11 is 3.57. The first-order chi connectivity index (χ1) is 18.2. The molecule has 1 aliphatic heterocycles. The Morgan fingerprint density at radius 1 is 1.29 bits per heavy atom. The van der Waals surface area contributed by atoms with Gasteiger partial charge < -0.3 is 24.7 Å². The van der Waals surface area contributed by atoms with Crippen molar-refractivity contribution in [1.29, 1.82) is 0 Å². The smallest absolute Gasteiger partial charge is 0.450 e. The van der Waals surface area contributed by atoms with Crippen LogP contribution in [0.1, 0.15) is 24.9 Å². The van der Waals surface area contributed by atoms with E-state index in [0.29, 0.717) is 29.8 Å². The number of anilines is 1. The van der Waals surface area contributed by atoms with E-state index < -0.39 is 31.0 Å². The third-order valence-electron chi connectivity index (χ3n) is 5.65. The molecule has 1 unspecified atom stereocenters. The van der Waals surface area contributed by atoms with Crippen LogP contribution in [-0.2, 0) is 36.2 Å². The molecule has 0 amide bonds. The number of nitrogens with zero attached hydrogens (tertiary/aromatic N) is 7. The molecule has 4 aromatic heterocycles. The first-order valence-corrected chi connectivity index (χ1v) is 13.1. The summed E-state index contributed by atoms with van der Waals surface area (Å²) in [7, 11) is -4.44. The molecule has 0 bridgehead atoms. The van der Waals surface area contributed by atoms with Gasteiger partial charge in [-0.3, -0.25) is 23.4 Å². The van der Waals surface area contributed by atoms with Crippen molar-refractivity contribution in [2.45, 2.75) is 38.3 Å². The first-order valence-electron chi connectivity index (χ1n) is 11.2. The van der Waals surface area contributed by atoms with Crippen LogP contribution in [0.5, 0.6) is 0 Å². The van der Waals surface area contributed by atoms with Crippen LogP contribution in [0.15, 0.2) is 23.6 Å². The highest BCUT2D eigenvalue weighted by Gasteiger charge is 2.31. The van der Waals surface area contributed by atoms with Crippen LogP contribution in [0, 0.1) is 0 Å². The van der Waals surface area contributed by atoms with Crippen LogP contribution in [0.2, 0.25) is 0 Å². The molecule has 38 heavy (non-hydrogen) atoms. The van der Waals surface area contributed by atoms with Gasteiger partial charge in [0.2, 0.25) is 5.95 Å². The highest BCUT2D eigenvalue weighted by molar-refractivity contribution is 7.96. The predicted octanol–water partition coefficient (Wildman–Crippen LogP) is 0.919. The average Bonchev–Trinajstić information content (AvgIpc) is 3.58. The number of imidazole rings is 2. The lowest BCUT2D eigenvalue weighted by atomic mass is 10.2. The molecule has 3 atom stereocenters. The van der Waals surface area contributed by atoms with Gasteiger partial charge in [0.1, 0.15) is 23.9 Å². The third-order valence-corrected chi connectivity index (χ3v) is 6.77. The van der Waals surface area contributed by atoms with E-state index in [-0.39, 0.29) is 43.5 Å². The van der Waals surface area contributed by atoms with Crippen molar-refractivity contribution in [3.8, 4) is 0 Å². The van der Waals surface area contributed by atoms with E-state index in [1.165, 1.54) is 18.9 Å². The second kappa shape index (κ2) is 10.8. The summed E-state index contributed by atoms with van der Waals surface area (Å²) in [5.74, 6) is 0.280. The van der Waals surface area contributed by atoms with E-state index in [0.717, 1.165) is 0 Å². The maximum absolute atomic E-state index is 12.5. The van der Waals surface area contributed by atoms with Crippen LogP contribution in [-0.4, -0.2) is 68.6 Å². The number of carbonyl (C=O) groups is 1. The summed E-state index contributed by atoms with van der Waals surface area (Å²) in [5.41, 5.74) is 6.44. The monoisotopic (exact) mass is 567 g/mol. The van der Waals surface area contributed by atoms with E-state index in [9.17, 15) is 19.0 Å². The third kappa shape index (κ3) is 5.69. The Labute approximate surface area is 218 Å².